The number of benzene rings is 1. The van der Waals surface area contributed by atoms with Gasteiger partial charge in [0.25, 0.3) is 5.91 Å². The van der Waals surface area contributed by atoms with Crippen LogP contribution in [0.4, 0.5) is 5.69 Å². The zero-order chi connectivity index (χ0) is 12.1. The van der Waals surface area contributed by atoms with Gasteiger partial charge in [-0.05, 0) is 12.1 Å². The molecule has 1 N–H and O–H groups in total. The van der Waals surface area contributed by atoms with Gasteiger partial charge in [-0.15, -0.1) is 0 Å². The lowest BCUT2D eigenvalue weighted by molar-refractivity contribution is -0.299. The van der Waals surface area contributed by atoms with Gasteiger partial charge in [0.2, 0.25) is 0 Å². The van der Waals surface area contributed by atoms with Crippen molar-refractivity contribution in [3.63, 3.8) is 0 Å². The Hall–Kier alpha value is -2.24. The number of aliphatic carboxylic acids is 1. The molecule has 0 saturated carbocycles. The summed E-state index contributed by atoms with van der Waals surface area (Å²) in [5.74, 6) is -2.26. The molecular weight excluding hydrogens is 214 g/mol. The van der Waals surface area contributed by atoms with Gasteiger partial charge in [-0.25, -0.2) is 0 Å². The van der Waals surface area contributed by atoms with Crippen molar-refractivity contribution in [1.29, 1.82) is 0 Å². The van der Waals surface area contributed by atoms with Gasteiger partial charge in [-0.3, -0.25) is 4.79 Å². The predicted molar refractivity (Wildman–Crippen MR) is 53.2 cm³/mol. The summed E-state index contributed by atoms with van der Waals surface area (Å²) in [5.41, 5.74) is 0.205. The Labute approximate surface area is 91.8 Å². The van der Waals surface area contributed by atoms with Crippen LogP contribution in [-0.4, -0.2) is 26.1 Å². The third-order valence-electron chi connectivity index (χ3n) is 1.84. The monoisotopic (exact) mass is 224 g/mol. The maximum absolute atomic E-state index is 10.9. The van der Waals surface area contributed by atoms with Crippen LogP contribution < -0.4 is 19.9 Å². The van der Waals surface area contributed by atoms with E-state index in [0.717, 1.165) is 0 Å². The van der Waals surface area contributed by atoms with Gasteiger partial charge in [0, 0.05) is 6.07 Å². The third-order valence-corrected chi connectivity index (χ3v) is 1.84. The second kappa shape index (κ2) is 5.01. The maximum Gasteiger partial charge on any atom is 0.271 e. The Morgan fingerprint density at radius 1 is 1.25 bits per heavy atom. The van der Waals surface area contributed by atoms with Gasteiger partial charge in [-0.1, -0.05) is 0 Å². The molecule has 0 aliphatic carbocycles. The van der Waals surface area contributed by atoms with Crippen molar-refractivity contribution in [1.82, 2.24) is 0 Å². The van der Waals surface area contributed by atoms with E-state index < -0.39 is 11.9 Å². The molecular formula is C10H10NO5-. The molecule has 0 unspecified atom stereocenters. The molecule has 1 aromatic carbocycles. The predicted octanol–water partition coefficient (Wildman–Crippen LogP) is -0.608. The SMILES string of the molecule is COc1ccc(OC)c(NC(=O)C(=O)[O-])c1. The number of rotatable bonds is 3. The number of hydrogen-bond acceptors (Lipinski definition) is 5. The number of carbonyl (C=O) groups is 2. The molecule has 1 rings (SSSR count). The van der Waals surface area contributed by atoms with Crippen LogP contribution in [0.3, 0.4) is 0 Å². The molecule has 6 nitrogen and oxygen atoms in total. The van der Waals surface area contributed by atoms with Gasteiger partial charge in [0.1, 0.15) is 17.5 Å². The van der Waals surface area contributed by atoms with E-state index in [9.17, 15) is 14.7 Å². The molecule has 6 heteroatoms. The smallest absolute Gasteiger partial charge is 0.271 e. The van der Waals surface area contributed by atoms with Crippen LogP contribution in [0.25, 0.3) is 0 Å². The van der Waals surface area contributed by atoms with Crippen LogP contribution in [0.15, 0.2) is 18.2 Å². The minimum Gasteiger partial charge on any atom is -0.540 e. The Balaban J connectivity index is 3.00. The number of methoxy groups -OCH3 is 2. The van der Waals surface area contributed by atoms with E-state index in [0.29, 0.717) is 11.5 Å². The first-order chi connectivity index (χ1) is 7.58. The molecule has 1 amide bonds. The fourth-order valence-electron chi connectivity index (χ4n) is 1.09. The third kappa shape index (κ3) is 2.63. The van der Waals surface area contributed by atoms with Crippen molar-refractivity contribution >= 4 is 17.6 Å². The second-order valence-electron chi connectivity index (χ2n) is 2.81. The highest BCUT2D eigenvalue weighted by atomic mass is 16.5. The highest BCUT2D eigenvalue weighted by molar-refractivity contribution is 6.35. The molecule has 0 radical (unpaired) electrons. The molecule has 0 atom stereocenters. The average Bonchev–Trinajstić information content (AvgIpc) is 2.28. The molecule has 0 saturated heterocycles. The largest absolute Gasteiger partial charge is 0.540 e. The first-order valence-electron chi connectivity index (χ1n) is 4.33. The summed E-state index contributed by atoms with van der Waals surface area (Å²) in [6.45, 7) is 0. The van der Waals surface area contributed by atoms with Crippen molar-refractivity contribution in [2.75, 3.05) is 19.5 Å². The van der Waals surface area contributed by atoms with E-state index in [1.165, 1.54) is 20.3 Å². The zero-order valence-corrected chi connectivity index (χ0v) is 8.77. The molecule has 0 heterocycles. The van der Waals surface area contributed by atoms with E-state index in [1.54, 1.807) is 12.1 Å². The van der Waals surface area contributed by atoms with Crippen LogP contribution in [0.1, 0.15) is 0 Å². The standard InChI is InChI=1S/C10H11NO5/c1-15-6-3-4-8(16-2)7(5-6)11-9(12)10(13)14/h3-5H,1-2H3,(H,11,12)(H,13,14)/p-1. The van der Waals surface area contributed by atoms with Crippen molar-refractivity contribution in [2.24, 2.45) is 0 Å². The number of carboxylic acids is 1. The maximum atomic E-state index is 10.9. The van der Waals surface area contributed by atoms with Gasteiger partial charge in [0.15, 0.2) is 0 Å². The number of carbonyl (C=O) groups excluding carboxylic acids is 2. The van der Waals surface area contributed by atoms with E-state index >= 15 is 0 Å². The van der Waals surface area contributed by atoms with Crippen molar-refractivity contribution in [3.05, 3.63) is 18.2 Å². The Bertz CT molecular complexity index is 416. The number of nitrogens with one attached hydrogen (secondary N) is 1. The van der Waals surface area contributed by atoms with E-state index in [1.807, 2.05) is 0 Å². The minimum absolute atomic E-state index is 0.205. The summed E-state index contributed by atoms with van der Waals surface area (Å²) in [7, 11) is 2.85. The number of carboxylic acid groups (broad SMARTS) is 1. The van der Waals surface area contributed by atoms with Gasteiger partial charge < -0.3 is 24.7 Å². The van der Waals surface area contributed by atoms with Gasteiger partial charge in [-0.2, -0.15) is 0 Å². The highest BCUT2D eigenvalue weighted by Crippen LogP contribution is 2.28. The molecule has 0 aromatic heterocycles. The quantitative estimate of drug-likeness (QED) is 0.692. The minimum atomic E-state index is -1.81. The van der Waals surface area contributed by atoms with Crippen molar-refractivity contribution < 1.29 is 24.2 Å². The average molecular weight is 224 g/mol. The van der Waals surface area contributed by atoms with Crippen LogP contribution in [0.2, 0.25) is 0 Å². The Morgan fingerprint density at radius 2 is 1.94 bits per heavy atom. The normalized spacial score (nSPS) is 9.38. The molecule has 86 valence electrons. The Morgan fingerprint density at radius 3 is 2.44 bits per heavy atom. The van der Waals surface area contributed by atoms with Gasteiger partial charge in [0.05, 0.1) is 19.9 Å². The molecule has 1 aromatic rings. The highest BCUT2D eigenvalue weighted by Gasteiger charge is 2.09. The zero-order valence-electron chi connectivity index (χ0n) is 8.77. The van der Waals surface area contributed by atoms with E-state index in [2.05, 4.69) is 5.32 Å². The summed E-state index contributed by atoms with van der Waals surface area (Å²) in [6.07, 6.45) is 0. The molecule has 0 fully saturated rings. The molecule has 0 aliphatic heterocycles. The van der Waals surface area contributed by atoms with Crippen LogP contribution in [0.5, 0.6) is 11.5 Å². The van der Waals surface area contributed by atoms with E-state index in [4.69, 9.17) is 9.47 Å². The lowest BCUT2D eigenvalue weighted by atomic mass is 10.2. The van der Waals surface area contributed by atoms with Crippen molar-refractivity contribution in [3.8, 4) is 11.5 Å². The first-order valence-corrected chi connectivity index (χ1v) is 4.33. The topological polar surface area (TPSA) is 87.7 Å². The van der Waals surface area contributed by atoms with Crippen LogP contribution in [0, 0.1) is 0 Å². The number of amides is 1. The van der Waals surface area contributed by atoms with Gasteiger partial charge >= 0.3 is 0 Å². The number of hydrogen-bond donors (Lipinski definition) is 1. The number of ether oxygens (including phenoxy) is 2. The second-order valence-corrected chi connectivity index (χ2v) is 2.81. The molecule has 0 spiro atoms. The fraction of sp³-hybridized carbons (Fsp3) is 0.200. The first kappa shape index (κ1) is 11.8. The summed E-state index contributed by atoms with van der Waals surface area (Å²) >= 11 is 0. The van der Waals surface area contributed by atoms with Crippen LogP contribution in [-0.2, 0) is 9.59 Å². The molecule has 0 aliphatic rings. The lowest BCUT2D eigenvalue weighted by Crippen LogP contribution is -2.36. The summed E-state index contributed by atoms with van der Waals surface area (Å²) in [4.78, 5) is 21.2. The van der Waals surface area contributed by atoms with Crippen LogP contribution >= 0.6 is 0 Å². The summed E-state index contributed by atoms with van der Waals surface area (Å²) in [6, 6.07) is 4.61. The van der Waals surface area contributed by atoms with Crippen molar-refractivity contribution in [2.45, 2.75) is 0 Å². The lowest BCUT2D eigenvalue weighted by Gasteiger charge is -2.11. The Kier molecular flexibility index (Phi) is 3.71. The van der Waals surface area contributed by atoms with E-state index in [-0.39, 0.29) is 5.69 Å². The summed E-state index contributed by atoms with van der Waals surface area (Å²) in [5, 5.41) is 12.4. The number of anilines is 1. The molecule has 0 bridgehead atoms. The molecule has 16 heavy (non-hydrogen) atoms. The fourth-order valence-corrected chi connectivity index (χ4v) is 1.09. The summed E-state index contributed by atoms with van der Waals surface area (Å²) < 4.78 is 9.87.